The van der Waals surface area contributed by atoms with E-state index in [1.807, 2.05) is 47.9 Å². The Morgan fingerprint density at radius 1 is 1.16 bits per heavy atom. The van der Waals surface area contributed by atoms with Gasteiger partial charge < -0.3 is 5.21 Å². The summed E-state index contributed by atoms with van der Waals surface area (Å²) >= 11 is 1.62. The molecule has 2 aromatic carbocycles. The van der Waals surface area contributed by atoms with Gasteiger partial charge in [-0.1, -0.05) is 36.0 Å². The van der Waals surface area contributed by atoms with Gasteiger partial charge >= 0.3 is 0 Å². The summed E-state index contributed by atoms with van der Waals surface area (Å²) in [6.07, 6.45) is 1.95. The lowest BCUT2D eigenvalue weighted by molar-refractivity contribution is -0.782. The van der Waals surface area contributed by atoms with Gasteiger partial charge in [-0.25, -0.2) is 0 Å². The molecule has 0 fully saturated rings. The van der Waals surface area contributed by atoms with Crippen LogP contribution in [0.25, 0.3) is 17.1 Å². The molecule has 3 rings (SSSR count). The zero-order valence-electron chi connectivity index (χ0n) is 9.89. The van der Waals surface area contributed by atoms with Crippen molar-refractivity contribution in [3.8, 4) is 0 Å². The highest BCUT2D eigenvalue weighted by molar-refractivity contribution is 8.02. The van der Waals surface area contributed by atoms with Gasteiger partial charge in [-0.15, -0.1) is 0 Å². The van der Waals surface area contributed by atoms with Gasteiger partial charge in [0.05, 0.1) is 0 Å². The fourth-order valence-electron chi connectivity index (χ4n) is 1.68. The molecule has 0 radical (unpaired) electrons. The van der Waals surface area contributed by atoms with Crippen LogP contribution >= 0.6 is 11.8 Å². The average Bonchev–Trinajstić information content (AvgIpc) is 2.82. The van der Waals surface area contributed by atoms with E-state index in [2.05, 4.69) is 9.79 Å². The standard InChI is InChI=1S/C14H10N2O2S/c17-16-14-10-11(6-7-13(14)15-18-16)8-9-19-12-4-2-1-3-5-12/h1-10H/b9-8+. The normalized spacial score (nSPS) is 11.4. The number of benzene rings is 2. The third-order valence-electron chi connectivity index (χ3n) is 2.62. The molecule has 94 valence electrons. The highest BCUT2D eigenvalue weighted by Crippen LogP contribution is 2.20. The topological polar surface area (TPSA) is 53.0 Å². The van der Waals surface area contributed by atoms with Gasteiger partial charge in [-0.05, 0) is 40.1 Å². The first-order valence-corrected chi connectivity index (χ1v) is 6.59. The van der Waals surface area contributed by atoms with E-state index in [1.165, 1.54) is 4.90 Å². The van der Waals surface area contributed by atoms with Gasteiger partial charge in [0.1, 0.15) is 0 Å². The molecule has 0 atom stereocenters. The van der Waals surface area contributed by atoms with Crippen LogP contribution in [0.15, 0.2) is 63.5 Å². The summed E-state index contributed by atoms with van der Waals surface area (Å²) in [6.45, 7) is 0. The number of thioether (sulfide) groups is 1. The Morgan fingerprint density at radius 2 is 2.00 bits per heavy atom. The van der Waals surface area contributed by atoms with Crippen molar-refractivity contribution >= 4 is 28.9 Å². The molecular formula is C14H10N2O2S. The highest BCUT2D eigenvalue weighted by atomic mass is 32.2. The summed E-state index contributed by atoms with van der Waals surface area (Å²) < 4.78 is 4.53. The van der Waals surface area contributed by atoms with Crippen molar-refractivity contribution in [2.75, 3.05) is 0 Å². The molecule has 0 unspecified atom stereocenters. The minimum Gasteiger partial charge on any atom is -0.359 e. The molecule has 0 amide bonds. The largest absolute Gasteiger partial charge is 0.359 e. The Hall–Kier alpha value is -2.27. The van der Waals surface area contributed by atoms with Crippen LogP contribution in [-0.2, 0) is 0 Å². The van der Waals surface area contributed by atoms with Crippen LogP contribution in [-0.4, -0.2) is 5.16 Å². The molecule has 0 N–H and O–H groups in total. The van der Waals surface area contributed by atoms with Crippen molar-refractivity contribution in [1.29, 1.82) is 0 Å². The summed E-state index contributed by atoms with van der Waals surface area (Å²) in [5, 5.41) is 16.9. The summed E-state index contributed by atoms with van der Waals surface area (Å²) in [4.78, 5) is 1.58. The molecular weight excluding hydrogens is 260 g/mol. The van der Waals surface area contributed by atoms with Crippen molar-refractivity contribution in [2.24, 2.45) is 0 Å². The van der Waals surface area contributed by atoms with Crippen LogP contribution in [0.5, 0.6) is 0 Å². The van der Waals surface area contributed by atoms with Gasteiger partial charge in [0.15, 0.2) is 0 Å². The number of hydrogen-bond donors (Lipinski definition) is 0. The SMILES string of the molecule is [O-][n+]1onc2ccc(/C=C/Sc3ccccc3)cc21. The first-order valence-electron chi connectivity index (χ1n) is 5.71. The monoisotopic (exact) mass is 270 g/mol. The number of aromatic nitrogens is 2. The molecule has 0 spiro atoms. The van der Waals surface area contributed by atoms with Crippen LogP contribution in [0.3, 0.4) is 0 Å². The lowest BCUT2D eigenvalue weighted by atomic mass is 10.2. The molecule has 1 heterocycles. The van der Waals surface area contributed by atoms with Gasteiger partial charge in [-0.3, -0.25) is 4.63 Å². The predicted molar refractivity (Wildman–Crippen MR) is 74.3 cm³/mol. The second-order valence-electron chi connectivity index (χ2n) is 3.91. The van der Waals surface area contributed by atoms with Crippen molar-refractivity contribution in [1.82, 2.24) is 5.16 Å². The lowest BCUT2D eigenvalue weighted by Crippen LogP contribution is -2.22. The number of fused-ring (bicyclic) bond motifs is 1. The molecule has 5 heteroatoms. The molecule has 3 aromatic rings. The minimum atomic E-state index is 0.414. The van der Waals surface area contributed by atoms with E-state index >= 15 is 0 Å². The van der Waals surface area contributed by atoms with Gasteiger partial charge in [-0.2, -0.15) is 0 Å². The lowest BCUT2D eigenvalue weighted by Gasteiger charge is -1.94. The Balaban J connectivity index is 1.79. The van der Waals surface area contributed by atoms with Crippen LogP contribution in [0.2, 0.25) is 0 Å². The molecule has 0 aliphatic rings. The fourth-order valence-corrected chi connectivity index (χ4v) is 2.38. The molecule has 19 heavy (non-hydrogen) atoms. The van der Waals surface area contributed by atoms with E-state index in [9.17, 15) is 5.21 Å². The van der Waals surface area contributed by atoms with Crippen molar-refractivity contribution in [3.63, 3.8) is 0 Å². The summed E-state index contributed by atoms with van der Waals surface area (Å²) in [7, 11) is 0. The van der Waals surface area contributed by atoms with Crippen LogP contribution in [0.1, 0.15) is 5.56 Å². The third kappa shape index (κ3) is 2.61. The molecule has 4 nitrogen and oxygen atoms in total. The van der Waals surface area contributed by atoms with E-state index < -0.39 is 0 Å². The molecule has 0 aliphatic carbocycles. The Labute approximate surface area is 113 Å². The summed E-state index contributed by atoms with van der Waals surface area (Å²) in [6, 6.07) is 15.5. The summed E-state index contributed by atoms with van der Waals surface area (Å²) in [5.41, 5.74) is 1.93. The first kappa shape index (κ1) is 11.8. The number of nitrogens with zero attached hydrogens (tertiary/aromatic N) is 2. The van der Waals surface area contributed by atoms with Crippen LogP contribution < -0.4 is 4.90 Å². The van der Waals surface area contributed by atoms with E-state index in [1.54, 1.807) is 23.9 Å². The van der Waals surface area contributed by atoms with Crippen LogP contribution in [0.4, 0.5) is 0 Å². The second-order valence-corrected chi connectivity index (χ2v) is 4.89. The smallest absolute Gasteiger partial charge is 0.248 e. The quantitative estimate of drug-likeness (QED) is 0.541. The van der Waals surface area contributed by atoms with Crippen molar-refractivity contribution in [3.05, 3.63) is 64.7 Å². The number of hydrogen-bond acceptors (Lipinski definition) is 4. The number of rotatable bonds is 3. The fraction of sp³-hybridized carbons (Fsp3) is 0. The molecule has 0 saturated carbocycles. The van der Waals surface area contributed by atoms with E-state index in [0.717, 1.165) is 5.56 Å². The maximum absolute atomic E-state index is 11.3. The van der Waals surface area contributed by atoms with Gasteiger partial charge in [0.2, 0.25) is 11.0 Å². The van der Waals surface area contributed by atoms with Gasteiger partial charge in [0, 0.05) is 16.1 Å². The Morgan fingerprint density at radius 3 is 2.84 bits per heavy atom. The minimum absolute atomic E-state index is 0.414. The summed E-state index contributed by atoms with van der Waals surface area (Å²) in [5.74, 6) is 0. The molecule has 0 aliphatic heterocycles. The Bertz CT molecular complexity index is 723. The molecule has 0 bridgehead atoms. The molecule has 0 saturated heterocycles. The van der Waals surface area contributed by atoms with Crippen LogP contribution in [0, 0.1) is 5.21 Å². The maximum Gasteiger partial charge on any atom is 0.248 e. The average molecular weight is 270 g/mol. The Kier molecular flexibility index (Phi) is 3.20. The zero-order chi connectivity index (χ0) is 13.1. The maximum atomic E-state index is 11.3. The predicted octanol–water partition coefficient (Wildman–Crippen LogP) is 3.22. The van der Waals surface area contributed by atoms with E-state index in [0.29, 0.717) is 15.9 Å². The highest BCUT2D eigenvalue weighted by Gasteiger charge is 2.07. The van der Waals surface area contributed by atoms with Gasteiger partial charge in [0.25, 0.3) is 0 Å². The van der Waals surface area contributed by atoms with E-state index in [-0.39, 0.29) is 0 Å². The first-order chi connectivity index (χ1) is 9.33. The van der Waals surface area contributed by atoms with Crippen molar-refractivity contribution < 1.29 is 9.53 Å². The van der Waals surface area contributed by atoms with E-state index in [4.69, 9.17) is 0 Å². The zero-order valence-corrected chi connectivity index (χ0v) is 10.7. The van der Waals surface area contributed by atoms with Crippen molar-refractivity contribution in [2.45, 2.75) is 4.90 Å². The second kappa shape index (κ2) is 5.16. The third-order valence-corrected chi connectivity index (χ3v) is 3.43. The molecule has 1 aromatic heterocycles.